The smallest absolute Gasteiger partial charge is 0.262 e. The number of aromatic nitrogens is 2. The Kier molecular flexibility index (Phi) is 6.10. The van der Waals surface area contributed by atoms with Crippen LogP contribution in [-0.2, 0) is 13.0 Å². The number of fused-ring (bicyclic) bond motifs is 2. The van der Waals surface area contributed by atoms with Crippen LogP contribution >= 0.6 is 11.3 Å². The van der Waals surface area contributed by atoms with Crippen molar-refractivity contribution in [1.82, 2.24) is 14.9 Å². The standard InChI is InChI=1S/C25H30N4O3S/c1-16-21-24(27-20-6-4-3-5-13-29(20)25(21)31)33-22(16)23(30)26-17-11-14-28(15-12-17)18-7-9-19(32-2)10-8-18/h7-10,17H,3-6,11-15H2,1-2H3,(H,26,30). The molecule has 2 aromatic heterocycles. The lowest BCUT2D eigenvalue weighted by Crippen LogP contribution is -2.44. The molecule has 1 saturated heterocycles. The first-order valence-corrected chi connectivity index (χ1v) is 12.6. The second kappa shape index (κ2) is 9.17. The van der Waals surface area contributed by atoms with Gasteiger partial charge >= 0.3 is 0 Å². The van der Waals surface area contributed by atoms with Gasteiger partial charge in [-0.15, -0.1) is 11.3 Å². The first-order valence-electron chi connectivity index (χ1n) is 11.8. The van der Waals surface area contributed by atoms with Gasteiger partial charge in [-0.3, -0.25) is 14.2 Å². The van der Waals surface area contributed by atoms with Crippen LogP contribution in [0.15, 0.2) is 29.1 Å². The predicted molar refractivity (Wildman–Crippen MR) is 132 cm³/mol. The summed E-state index contributed by atoms with van der Waals surface area (Å²) in [4.78, 5) is 34.8. The van der Waals surface area contributed by atoms with Gasteiger partial charge in [-0.25, -0.2) is 4.98 Å². The van der Waals surface area contributed by atoms with E-state index in [1.165, 1.54) is 17.0 Å². The van der Waals surface area contributed by atoms with E-state index in [1.807, 2.05) is 23.6 Å². The van der Waals surface area contributed by atoms with Gasteiger partial charge in [-0.1, -0.05) is 6.42 Å². The van der Waals surface area contributed by atoms with Crippen LogP contribution in [0.4, 0.5) is 5.69 Å². The van der Waals surface area contributed by atoms with Crippen LogP contribution in [0.2, 0.25) is 0 Å². The number of ether oxygens (including phenoxy) is 1. The molecule has 0 radical (unpaired) electrons. The lowest BCUT2D eigenvalue weighted by Gasteiger charge is -2.34. The SMILES string of the molecule is COc1ccc(N2CCC(NC(=O)c3sc4nc5n(c(=O)c4c3C)CCCCC5)CC2)cc1. The molecule has 1 aromatic carbocycles. The molecule has 0 bridgehead atoms. The highest BCUT2D eigenvalue weighted by Gasteiger charge is 2.25. The van der Waals surface area contributed by atoms with E-state index in [9.17, 15) is 9.59 Å². The number of aryl methyl sites for hydroxylation is 2. The zero-order valence-corrected chi connectivity index (χ0v) is 20.0. The average molecular weight is 467 g/mol. The van der Waals surface area contributed by atoms with Crippen LogP contribution in [0.5, 0.6) is 5.75 Å². The number of benzene rings is 1. The molecule has 174 valence electrons. The molecule has 1 fully saturated rings. The van der Waals surface area contributed by atoms with Crippen molar-refractivity contribution in [3.05, 3.63) is 50.9 Å². The molecule has 7 nitrogen and oxygen atoms in total. The van der Waals surface area contributed by atoms with Gasteiger partial charge in [-0.05, 0) is 62.4 Å². The second-order valence-electron chi connectivity index (χ2n) is 8.96. The topological polar surface area (TPSA) is 76.5 Å². The van der Waals surface area contributed by atoms with E-state index in [0.717, 1.165) is 75.3 Å². The molecule has 0 spiro atoms. The second-order valence-corrected chi connectivity index (χ2v) is 9.96. The maximum atomic E-state index is 13.2. The Labute approximate surface area is 197 Å². The summed E-state index contributed by atoms with van der Waals surface area (Å²) in [5, 5.41) is 3.83. The van der Waals surface area contributed by atoms with Gasteiger partial charge in [0.2, 0.25) is 0 Å². The van der Waals surface area contributed by atoms with Gasteiger partial charge in [0.15, 0.2) is 0 Å². The number of rotatable bonds is 4. The molecule has 2 aliphatic heterocycles. The van der Waals surface area contributed by atoms with Gasteiger partial charge in [0.1, 0.15) is 16.4 Å². The van der Waals surface area contributed by atoms with Crippen molar-refractivity contribution in [2.75, 3.05) is 25.1 Å². The molecular formula is C25H30N4O3S. The predicted octanol–water partition coefficient (Wildman–Crippen LogP) is 3.90. The maximum absolute atomic E-state index is 13.2. The van der Waals surface area contributed by atoms with E-state index in [-0.39, 0.29) is 17.5 Å². The van der Waals surface area contributed by atoms with Crippen molar-refractivity contribution in [3.63, 3.8) is 0 Å². The van der Waals surface area contributed by atoms with E-state index < -0.39 is 0 Å². The van der Waals surface area contributed by atoms with Gasteiger partial charge in [0, 0.05) is 37.8 Å². The minimum absolute atomic E-state index is 0.0116. The number of thiophene rings is 1. The first-order chi connectivity index (χ1) is 16.0. The lowest BCUT2D eigenvalue weighted by molar-refractivity contribution is 0.0935. The van der Waals surface area contributed by atoms with Crippen LogP contribution in [0.3, 0.4) is 0 Å². The third kappa shape index (κ3) is 4.24. The molecule has 0 aliphatic carbocycles. The van der Waals surface area contributed by atoms with Crippen LogP contribution in [-0.4, -0.2) is 41.7 Å². The number of nitrogens with one attached hydrogen (secondary N) is 1. The zero-order valence-electron chi connectivity index (χ0n) is 19.2. The Bertz CT molecular complexity index is 1220. The Balaban J connectivity index is 1.29. The molecule has 0 atom stereocenters. The van der Waals surface area contributed by atoms with E-state index in [0.29, 0.717) is 15.1 Å². The maximum Gasteiger partial charge on any atom is 0.262 e. The number of nitrogens with zero attached hydrogens (tertiary/aromatic N) is 3. The summed E-state index contributed by atoms with van der Waals surface area (Å²) in [5.41, 5.74) is 1.95. The number of piperidine rings is 1. The van der Waals surface area contributed by atoms with Gasteiger partial charge in [0.05, 0.1) is 17.4 Å². The minimum atomic E-state index is -0.0852. The highest BCUT2D eigenvalue weighted by molar-refractivity contribution is 7.20. The van der Waals surface area contributed by atoms with Crippen LogP contribution < -0.4 is 20.5 Å². The fourth-order valence-corrected chi connectivity index (χ4v) is 6.05. The van der Waals surface area contributed by atoms with Crippen molar-refractivity contribution >= 4 is 33.1 Å². The fraction of sp³-hybridized carbons (Fsp3) is 0.480. The highest BCUT2D eigenvalue weighted by atomic mass is 32.1. The lowest BCUT2D eigenvalue weighted by atomic mass is 10.0. The first kappa shape index (κ1) is 21.9. The third-order valence-corrected chi connectivity index (χ3v) is 8.07. The molecular weight excluding hydrogens is 436 g/mol. The molecule has 1 N–H and O–H groups in total. The van der Waals surface area contributed by atoms with Crippen LogP contribution in [0, 0.1) is 6.92 Å². The molecule has 1 amide bonds. The summed E-state index contributed by atoms with van der Waals surface area (Å²) >= 11 is 1.36. The van der Waals surface area contributed by atoms with Crippen molar-refractivity contribution in [1.29, 1.82) is 0 Å². The number of carbonyl (C=O) groups is 1. The molecule has 3 aromatic rings. The Morgan fingerprint density at radius 3 is 2.61 bits per heavy atom. The van der Waals surface area contributed by atoms with Gasteiger partial charge < -0.3 is 15.0 Å². The van der Waals surface area contributed by atoms with Crippen molar-refractivity contribution in [2.45, 2.75) is 58.0 Å². The summed E-state index contributed by atoms with van der Waals surface area (Å²) in [6.07, 6.45) is 5.79. The van der Waals surface area contributed by atoms with E-state index in [1.54, 1.807) is 7.11 Å². The zero-order chi connectivity index (χ0) is 22.9. The van der Waals surface area contributed by atoms with Gasteiger partial charge in [-0.2, -0.15) is 0 Å². The molecule has 33 heavy (non-hydrogen) atoms. The summed E-state index contributed by atoms with van der Waals surface area (Å²) in [6, 6.07) is 8.23. The van der Waals surface area contributed by atoms with E-state index in [2.05, 4.69) is 22.3 Å². The Hall–Kier alpha value is -2.87. The summed E-state index contributed by atoms with van der Waals surface area (Å²) in [6.45, 7) is 4.38. The molecule has 0 unspecified atom stereocenters. The van der Waals surface area contributed by atoms with Crippen LogP contribution in [0.1, 0.15) is 53.2 Å². The van der Waals surface area contributed by atoms with Crippen molar-refractivity contribution < 1.29 is 9.53 Å². The fourth-order valence-electron chi connectivity index (χ4n) is 4.95. The number of anilines is 1. The van der Waals surface area contributed by atoms with E-state index in [4.69, 9.17) is 9.72 Å². The van der Waals surface area contributed by atoms with E-state index >= 15 is 0 Å². The summed E-state index contributed by atoms with van der Waals surface area (Å²) in [5.74, 6) is 1.63. The van der Waals surface area contributed by atoms with Gasteiger partial charge in [0.25, 0.3) is 11.5 Å². The van der Waals surface area contributed by atoms with Crippen molar-refractivity contribution in [3.8, 4) is 5.75 Å². The summed E-state index contributed by atoms with van der Waals surface area (Å²) < 4.78 is 7.07. The summed E-state index contributed by atoms with van der Waals surface area (Å²) in [7, 11) is 1.67. The number of methoxy groups -OCH3 is 1. The molecule has 2 aliphatic rings. The Morgan fingerprint density at radius 1 is 1.12 bits per heavy atom. The monoisotopic (exact) mass is 466 g/mol. The quantitative estimate of drug-likeness (QED) is 0.631. The Morgan fingerprint density at radius 2 is 1.88 bits per heavy atom. The molecule has 5 rings (SSSR count). The normalized spacial score (nSPS) is 17.0. The molecule has 0 saturated carbocycles. The van der Waals surface area contributed by atoms with Crippen molar-refractivity contribution in [2.24, 2.45) is 0 Å². The number of amides is 1. The number of carbonyl (C=O) groups excluding carboxylic acids is 1. The number of hydrogen-bond acceptors (Lipinski definition) is 6. The minimum Gasteiger partial charge on any atom is -0.497 e. The largest absolute Gasteiger partial charge is 0.497 e. The molecule has 8 heteroatoms. The van der Waals surface area contributed by atoms with Crippen LogP contribution in [0.25, 0.3) is 10.2 Å². The number of hydrogen-bond donors (Lipinski definition) is 1. The highest BCUT2D eigenvalue weighted by Crippen LogP contribution is 2.29. The third-order valence-electron chi connectivity index (χ3n) is 6.89. The molecule has 4 heterocycles. The average Bonchev–Trinajstić information content (AvgIpc) is 3.00.